The van der Waals surface area contributed by atoms with Gasteiger partial charge in [0.05, 0.1) is 16.9 Å². The molecule has 1 aromatic carbocycles. The maximum absolute atomic E-state index is 5.72. The van der Waals surface area contributed by atoms with Crippen molar-refractivity contribution in [2.45, 2.75) is 6.92 Å². The summed E-state index contributed by atoms with van der Waals surface area (Å²) in [5, 5.41) is 0. The highest BCUT2D eigenvalue weighted by atomic mass is 14.8. The van der Waals surface area contributed by atoms with E-state index >= 15 is 0 Å². The first-order valence-corrected chi connectivity index (χ1v) is 3.75. The number of aryl methyl sites for hydroxylation is 1. The number of hydrogen-bond donors (Lipinski definition) is 1. The fourth-order valence-corrected chi connectivity index (χ4v) is 1.14. The van der Waals surface area contributed by atoms with E-state index in [4.69, 9.17) is 5.73 Å². The van der Waals surface area contributed by atoms with E-state index in [0.717, 1.165) is 16.7 Å². The molecule has 0 amide bonds. The number of nitrogens with zero attached hydrogens (tertiary/aromatic N) is 2. The fourth-order valence-electron chi connectivity index (χ4n) is 1.14. The summed E-state index contributed by atoms with van der Waals surface area (Å²) in [6.45, 7) is 1.90. The topological polar surface area (TPSA) is 51.8 Å². The molecule has 0 saturated carbocycles. The van der Waals surface area contributed by atoms with Crippen molar-refractivity contribution in [1.29, 1.82) is 0 Å². The summed E-state index contributed by atoms with van der Waals surface area (Å²) < 4.78 is 0. The normalized spacial score (nSPS) is 10.4. The lowest BCUT2D eigenvalue weighted by molar-refractivity contribution is 1.19. The molecule has 2 aromatic rings. The van der Waals surface area contributed by atoms with Crippen LogP contribution in [0.15, 0.2) is 24.4 Å². The van der Waals surface area contributed by atoms with Crippen molar-refractivity contribution in [2.24, 2.45) is 0 Å². The van der Waals surface area contributed by atoms with Crippen molar-refractivity contribution in [2.75, 3.05) is 5.73 Å². The van der Waals surface area contributed by atoms with Crippen molar-refractivity contribution in [1.82, 2.24) is 9.97 Å². The van der Waals surface area contributed by atoms with Crippen LogP contribution in [-0.4, -0.2) is 9.97 Å². The third kappa shape index (κ3) is 0.993. The number of nitrogen functional groups attached to an aromatic ring is 1. The van der Waals surface area contributed by atoms with E-state index in [1.807, 2.05) is 25.1 Å². The molecule has 60 valence electrons. The van der Waals surface area contributed by atoms with E-state index in [1.165, 1.54) is 0 Å². The summed E-state index contributed by atoms with van der Waals surface area (Å²) in [6.07, 6.45) is 1.74. The molecule has 0 aliphatic carbocycles. The Hall–Kier alpha value is -1.64. The van der Waals surface area contributed by atoms with Gasteiger partial charge < -0.3 is 5.73 Å². The van der Waals surface area contributed by atoms with E-state index in [0.29, 0.717) is 5.69 Å². The Labute approximate surface area is 70.3 Å². The second kappa shape index (κ2) is 2.44. The molecule has 1 heterocycles. The number of para-hydroxylation sites is 1. The van der Waals surface area contributed by atoms with Crippen LogP contribution in [0.4, 0.5) is 5.69 Å². The Morgan fingerprint density at radius 3 is 3.00 bits per heavy atom. The minimum Gasteiger partial charge on any atom is -0.397 e. The van der Waals surface area contributed by atoms with Crippen LogP contribution >= 0.6 is 0 Å². The number of benzene rings is 1. The SMILES string of the molecule is Cc1cnc2cccc(N)c2n1. The summed E-state index contributed by atoms with van der Waals surface area (Å²) in [5.74, 6) is 0. The summed E-state index contributed by atoms with van der Waals surface area (Å²) in [5.41, 5.74) is 8.93. The molecule has 3 heteroatoms. The smallest absolute Gasteiger partial charge is 0.112 e. The number of aromatic nitrogens is 2. The van der Waals surface area contributed by atoms with Crippen molar-refractivity contribution in [3.63, 3.8) is 0 Å². The zero-order valence-electron chi connectivity index (χ0n) is 6.78. The molecular weight excluding hydrogens is 150 g/mol. The van der Waals surface area contributed by atoms with Gasteiger partial charge in [0, 0.05) is 6.20 Å². The third-order valence-electron chi connectivity index (χ3n) is 1.72. The second-order valence-corrected chi connectivity index (χ2v) is 2.73. The van der Waals surface area contributed by atoms with Crippen molar-refractivity contribution < 1.29 is 0 Å². The first-order valence-electron chi connectivity index (χ1n) is 3.75. The highest BCUT2D eigenvalue weighted by Gasteiger charge is 1.98. The minimum atomic E-state index is 0.684. The number of fused-ring (bicyclic) bond motifs is 1. The molecule has 0 atom stereocenters. The standard InChI is InChI=1S/C9H9N3/c1-6-5-11-8-4-2-3-7(10)9(8)12-6/h2-5H,10H2,1H3. The molecule has 0 spiro atoms. The van der Waals surface area contributed by atoms with E-state index in [1.54, 1.807) is 6.20 Å². The molecule has 0 aliphatic heterocycles. The van der Waals surface area contributed by atoms with Gasteiger partial charge in [-0.2, -0.15) is 0 Å². The van der Waals surface area contributed by atoms with E-state index < -0.39 is 0 Å². The van der Waals surface area contributed by atoms with Crippen molar-refractivity contribution in [3.05, 3.63) is 30.1 Å². The predicted molar refractivity (Wildman–Crippen MR) is 48.7 cm³/mol. The van der Waals surface area contributed by atoms with Crippen LogP contribution in [0.3, 0.4) is 0 Å². The number of anilines is 1. The van der Waals surface area contributed by atoms with Gasteiger partial charge in [-0.25, -0.2) is 4.98 Å². The average Bonchev–Trinajstić information content (AvgIpc) is 2.07. The van der Waals surface area contributed by atoms with Crippen LogP contribution in [-0.2, 0) is 0 Å². The predicted octanol–water partition coefficient (Wildman–Crippen LogP) is 1.52. The van der Waals surface area contributed by atoms with Gasteiger partial charge in [0.25, 0.3) is 0 Å². The quantitative estimate of drug-likeness (QED) is 0.593. The monoisotopic (exact) mass is 159 g/mol. The minimum absolute atomic E-state index is 0.684. The summed E-state index contributed by atoms with van der Waals surface area (Å²) in [4.78, 5) is 8.49. The van der Waals surface area contributed by atoms with Gasteiger partial charge >= 0.3 is 0 Å². The Morgan fingerprint density at radius 2 is 2.17 bits per heavy atom. The summed E-state index contributed by atoms with van der Waals surface area (Å²) in [7, 11) is 0. The molecule has 0 bridgehead atoms. The second-order valence-electron chi connectivity index (χ2n) is 2.73. The lowest BCUT2D eigenvalue weighted by Gasteiger charge is -1.99. The molecule has 0 saturated heterocycles. The molecule has 0 unspecified atom stereocenters. The first-order chi connectivity index (χ1) is 5.77. The summed E-state index contributed by atoms with van der Waals surface area (Å²) in [6, 6.07) is 5.61. The third-order valence-corrected chi connectivity index (χ3v) is 1.72. The average molecular weight is 159 g/mol. The van der Waals surface area contributed by atoms with Crippen LogP contribution < -0.4 is 5.73 Å². The van der Waals surface area contributed by atoms with Crippen LogP contribution in [0.5, 0.6) is 0 Å². The van der Waals surface area contributed by atoms with E-state index in [2.05, 4.69) is 9.97 Å². The van der Waals surface area contributed by atoms with Crippen molar-refractivity contribution >= 4 is 16.7 Å². The number of rotatable bonds is 0. The Morgan fingerprint density at radius 1 is 1.33 bits per heavy atom. The van der Waals surface area contributed by atoms with Crippen LogP contribution in [0.25, 0.3) is 11.0 Å². The molecule has 0 aliphatic rings. The molecule has 2 rings (SSSR count). The largest absolute Gasteiger partial charge is 0.397 e. The van der Waals surface area contributed by atoms with Gasteiger partial charge in [-0.05, 0) is 19.1 Å². The van der Waals surface area contributed by atoms with E-state index in [-0.39, 0.29) is 0 Å². The zero-order valence-corrected chi connectivity index (χ0v) is 6.78. The molecular formula is C9H9N3. The van der Waals surface area contributed by atoms with Gasteiger partial charge in [0.1, 0.15) is 5.52 Å². The van der Waals surface area contributed by atoms with Crippen LogP contribution in [0.2, 0.25) is 0 Å². The highest BCUT2D eigenvalue weighted by molar-refractivity contribution is 5.85. The van der Waals surface area contributed by atoms with Gasteiger partial charge in [0.2, 0.25) is 0 Å². The van der Waals surface area contributed by atoms with Crippen molar-refractivity contribution in [3.8, 4) is 0 Å². The maximum atomic E-state index is 5.72. The molecule has 3 nitrogen and oxygen atoms in total. The molecule has 0 radical (unpaired) electrons. The maximum Gasteiger partial charge on any atom is 0.112 e. The Bertz CT molecular complexity index is 423. The highest BCUT2D eigenvalue weighted by Crippen LogP contribution is 2.15. The zero-order chi connectivity index (χ0) is 8.55. The Kier molecular flexibility index (Phi) is 1.43. The van der Waals surface area contributed by atoms with Gasteiger partial charge in [-0.3, -0.25) is 4.98 Å². The number of nitrogens with two attached hydrogens (primary N) is 1. The van der Waals surface area contributed by atoms with Gasteiger partial charge in [-0.1, -0.05) is 6.07 Å². The molecule has 2 N–H and O–H groups in total. The lowest BCUT2D eigenvalue weighted by atomic mass is 10.2. The van der Waals surface area contributed by atoms with Gasteiger partial charge in [0.15, 0.2) is 0 Å². The molecule has 1 aromatic heterocycles. The Balaban J connectivity index is 2.88. The summed E-state index contributed by atoms with van der Waals surface area (Å²) >= 11 is 0. The first kappa shape index (κ1) is 7.03. The lowest BCUT2D eigenvalue weighted by Crippen LogP contribution is -1.92. The van der Waals surface area contributed by atoms with Crippen LogP contribution in [0, 0.1) is 6.92 Å². The molecule has 0 fully saturated rings. The van der Waals surface area contributed by atoms with E-state index in [9.17, 15) is 0 Å². The number of hydrogen-bond acceptors (Lipinski definition) is 3. The van der Waals surface area contributed by atoms with Gasteiger partial charge in [-0.15, -0.1) is 0 Å². The van der Waals surface area contributed by atoms with Crippen LogP contribution in [0.1, 0.15) is 5.69 Å². The molecule has 12 heavy (non-hydrogen) atoms. The fraction of sp³-hybridized carbons (Fsp3) is 0.111.